The van der Waals surface area contributed by atoms with Crippen LogP contribution >= 0.6 is 0 Å². The zero-order chi connectivity index (χ0) is 22.4. The number of amides is 1. The first kappa shape index (κ1) is 21.9. The molecule has 1 amide bonds. The summed E-state index contributed by atoms with van der Waals surface area (Å²) >= 11 is 0. The van der Waals surface area contributed by atoms with Crippen molar-refractivity contribution < 1.29 is 27.2 Å². The van der Waals surface area contributed by atoms with Crippen LogP contribution in [0.15, 0.2) is 64.0 Å². The second-order valence-electron chi connectivity index (χ2n) is 6.39. The molecule has 0 radical (unpaired) electrons. The third-order valence-corrected chi connectivity index (χ3v) is 5.50. The van der Waals surface area contributed by atoms with Crippen molar-refractivity contribution in [3.05, 3.63) is 65.9 Å². The van der Waals surface area contributed by atoms with Crippen molar-refractivity contribution in [2.75, 3.05) is 24.3 Å². The zero-order valence-corrected chi connectivity index (χ0v) is 17.9. The molecule has 3 rings (SSSR count). The summed E-state index contributed by atoms with van der Waals surface area (Å²) in [6.07, 6.45) is 2.99. The van der Waals surface area contributed by atoms with E-state index < -0.39 is 10.0 Å². The highest BCUT2D eigenvalue weighted by Crippen LogP contribution is 2.28. The van der Waals surface area contributed by atoms with E-state index in [1.165, 1.54) is 43.5 Å². The highest BCUT2D eigenvalue weighted by Gasteiger charge is 2.16. The van der Waals surface area contributed by atoms with Crippen LogP contribution in [0.25, 0.3) is 6.08 Å². The van der Waals surface area contributed by atoms with Gasteiger partial charge >= 0.3 is 0 Å². The maximum atomic E-state index is 12.4. The van der Waals surface area contributed by atoms with Gasteiger partial charge in [-0.15, -0.1) is 0 Å². The number of methoxy groups -OCH3 is 2. The Kier molecular flexibility index (Phi) is 6.61. The first-order valence-electron chi connectivity index (χ1n) is 9.08. The summed E-state index contributed by atoms with van der Waals surface area (Å²) < 4.78 is 42.4. The number of benzene rings is 2. The molecule has 0 unspecified atom stereocenters. The summed E-state index contributed by atoms with van der Waals surface area (Å²) in [6.45, 7) is 1.65. The number of sulfonamides is 1. The maximum Gasteiger partial charge on any atom is 0.263 e. The van der Waals surface area contributed by atoms with Crippen LogP contribution in [-0.2, 0) is 14.8 Å². The van der Waals surface area contributed by atoms with Crippen molar-refractivity contribution in [2.45, 2.75) is 11.8 Å². The molecule has 31 heavy (non-hydrogen) atoms. The first-order valence-corrected chi connectivity index (χ1v) is 10.6. The number of carbonyl (C=O) groups excluding carboxylic acids is 1. The molecule has 0 aliphatic heterocycles. The smallest absolute Gasteiger partial charge is 0.263 e. The molecule has 0 aliphatic carbocycles. The minimum atomic E-state index is -3.83. The monoisotopic (exact) mass is 443 g/mol. The summed E-state index contributed by atoms with van der Waals surface area (Å²) in [5.41, 5.74) is 1.20. The Morgan fingerprint density at radius 3 is 2.35 bits per heavy atom. The number of anilines is 2. The number of aryl methyl sites for hydroxylation is 1. The summed E-state index contributed by atoms with van der Waals surface area (Å²) in [5.74, 6) is 1.34. The molecule has 0 bridgehead atoms. The van der Waals surface area contributed by atoms with Gasteiger partial charge in [-0.2, -0.15) is 0 Å². The normalized spacial score (nSPS) is 11.3. The summed E-state index contributed by atoms with van der Waals surface area (Å²) in [7, 11) is -0.749. The molecule has 3 aromatic rings. The Hall–Kier alpha value is -3.79. The fourth-order valence-corrected chi connectivity index (χ4v) is 3.62. The number of nitrogens with one attached hydrogen (secondary N) is 2. The van der Waals surface area contributed by atoms with Crippen LogP contribution in [0.4, 0.5) is 11.5 Å². The van der Waals surface area contributed by atoms with Crippen LogP contribution in [0, 0.1) is 6.92 Å². The van der Waals surface area contributed by atoms with E-state index in [0.717, 1.165) is 5.56 Å². The second kappa shape index (κ2) is 9.35. The molecular formula is C21H21N3O6S. The summed E-state index contributed by atoms with van der Waals surface area (Å²) in [5, 5.41) is 6.28. The van der Waals surface area contributed by atoms with E-state index in [1.54, 1.807) is 38.3 Å². The quantitative estimate of drug-likeness (QED) is 0.512. The Bertz CT molecular complexity index is 1200. The van der Waals surface area contributed by atoms with E-state index in [0.29, 0.717) is 22.9 Å². The highest BCUT2D eigenvalue weighted by atomic mass is 32.2. The van der Waals surface area contributed by atoms with Crippen LogP contribution in [0.3, 0.4) is 0 Å². The minimum absolute atomic E-state index is 0.0204. The van der Waals surface area contributed by atoms with Crippen molar-refractivity contribution in [3.63, 3.8) is 0 Å². The number of ether oxygens (including phenoxy) is 2. The van der Waals surface area contributed by atoms with E-state index in [9.17, 15) is 13.2 Å². The molecule has 162 valence electrons. The molecular weight excluding hydrogens is 422 g/mol. The molecule has 0 saturated carbocycles. The van der Waals surface area contributed by atoms with Gasteiger partial charge in [0.2, 0.25) is 5.91 Å². The molecule has 1 heterocycles. The molecule has 2 aromatic carbocycles. The average molecular weight is 443 g/mol. The van der Waals surface area contributed by atoms with E-state index in [1.807, 2.05) is 0 Å². The maximum absolute atomic E-state index is 12.4. The molecule has 1 aromatic heterocycles. The van der Waals surface area contributed by atoms with E-state index in [2.05, 4.69) is 15.2 Å². The highest BCUT2D eigenvalue weighted by molar-refractivity contribution is 7.92. The van der Waals surface area contributed by atoms with E-state index in [-0.39, 0.29) is 16.6 Å². The summed E-state index contributed by atoms with van der Waals surface area (Å²) in [6, 6.07) is 12.5. The molecule has 0 atom stereocenters. The number of nitrogens with zero attached hydrogens (tertiary/aromatic N) is 1. The lowest BCUT2D eigenvalue weighted by Crippen LogP contribution is -2.13. The lowest BCUT2D eigenvalue weighted by atomic mass is 10.2. The lowest BCUT2D eigenvalue weighted by Gasteiger charge is -2.08. The Labute approximate surface area is 179 Å². The third-order valence-electron chi connectivity index (χ3n) is 4.13. The van der Waals surface area contributed by atoms with Crippen molar-refractivity contribution in [2.24, 2.45) is 0 Å². The van der Waals surface area contributed by atoms with Gasteiger partial charge < -0.3 is 19.3 Å². The molecule has 0 aliphatic rings. The van der Waals surface area contributed by atoms with Gasteiger partial charge in [0.15, 0.2) is 17.3 Å². The topological polar surface area (TPSA) is 120 Å². The van der Waals surface area contributed by atoms with Crippen LogP contribution < -0.4 is 19.5 Å². The van der Waals surface area contributed by atoms with Gasteiger partial charge in [0.05, 0.1) is 19.1 Å². The first-order chi connectivity index (χ1) is 14.8. The van der Waals surface area contributed by atoms with Gasteiger partial charge in [-0.3, -0.25) is 9.52 Å². The van der Waals surface area contributed by atoms with E-state index >= 15 is 0 Å². The standard InChI is InChI=1S/C21H21N3O6S/c1-14-12-20(23-30-14)24-31(26,27)17-8-6-16(7-9-17)22-21(25)11-5-15-4-10-18(28-2)19(13-15)29-3/h4-13H,1-3H3,(H,22,25)(H,23,24). The molecule has 0 fully saturated rings. The van der Waals surface area contributed by atoms with Gasteiger partial charge in [-0.05, 0) is 55.0 Å². The zero-order valence-electron chi connectivity index (χ0n) is 17.1. The van der Waals surface area contributed by atoms with Crippen molar-refractivity contribution in [1.29, 1.82) is 0 Å². The van der Waals surface area contributed by atoms with Crippen LogP contribution in [-0.4, -0.2) is 33.7 Å². The Morgan fingerprint density at radius 2 is 1.74 bits per heavy atom. The van der Waals surface area contributed by atoms with Crippen molar-refractivity contribution in [1.82, 2.24) is 5.16 Å². The van der Waals surface area contributed by atoms with Crippen LogP contribution in [0.2, 0.25) is 0 Å². The van der Waals surface area contributed by atoms with Gasteiger partial charge in [0.1, 0.15) is 5.76 Å². The lowest BCUT2D eigenvalue weighted by molar-refractivity contribution is -0.111. The predicted molar refractivity (Wildman–Crippen MR) is 116 cm³/mol. The molecule has 0 saturated heterocycles. The number of hydrogen-bond donors (Lipinski definition) is 2. The molecule has 9 nitrogen and oxygen atoms in total. The van der Waals surface area contributed by atoms with Gasteiger partial charge in [0, 0.05) is 17.8 Å². The van der Waals surface area contributed by atoms with Gasteiger partial charge in [-0.25, -0.2) is 8.42 Å². The predicted octanol–water partition coefficient (Wildman–Crippen LogP) is 3.45. The van der Waals surface area contributed by atoms with Crippen molar-refractivity contribution >= 4 is 33.5 Å². The summed E-state index contributed by atoms with van der Waals surface area (Å²) in [4.78, 5) is 12.2. The number of hydrogen-bond acceptors (Lipinski definition) is 7. The third kappa shape index (κ3) is 5.64. The fraction of sp³-hybridized carbons (Fsp3) is 0.143. The van der Waals surface area contributed by atoms with Crippen LogP contribution in [0.1, 0.15) is 11.3 Å². The minimum Gasteiger partial charge on any atom is -0.493 e. The number of carbonyl (C=O) groups is 1. The van der Waals surface area contributed by atoms with Gasteiger partial charge in [0.25, 0.3) is 10.0 Å². The fourth-order valence-electron chi connectivity index (χ4n) is 2.64. The van der Waals surface area contributed by atoms with Crippen LogP contribution in [0.5, 0.6) is 11.5 Å². The van der Waals surface area contributed by atoms with Gasteiger partial charge in [-0.1, -0.05) is 11.2 Å². The molecule has 10 heteroatoms. The second-order valence-corrected chi connectivity index (χ2v) is 8.07. The molecule has 2 N–H and O–H groups in total. The number of aromatic nitrogens is 1. The molecule has 0 spiro atoms. The largest absolute Gasteiger partial charge is 0.493 e. The van der Waals surface area contributed by atoms with E-state index in [4.69, 9.17) is 14.0 Å². The van der Waals surface area contributed by atoms with Crippen molar-refractivity contribution in [3.8, 4) is 11.5 Å². The Morgan fingerprint density at radius 1 is 1.03 bits per heavy atom. The average Bonchev–Trinajstić information content (AvgIpc) is 3.16. The Balaban J connectivity index is 1.64. The SMILES string of the molecule is COc1ccc(C=CC(=O)Nc2ccc(S(=O)(=O)Nc3cc(C)on3)cc2)cc1OC. The number of rotatable bonds is 8.